The topological polar surface area (TPSA) is 38.0 Å². The molecule has 1 aromatic carbocycles. The van der Waals surface area contributed by atoms with Crippen molar-refractivity contribution in [1.29, 1.82) is 0 Å². The first-order valence-corrected chi connectivity index (χ1v) is 4.26. The molecule has 0 bridgehead atoms. The van der Waals surface area contributed by atoms with E-state index in [1.54, 1.807) is 0 Å². The first kappa shape index (κ1) is 12.4. The maximum atomic E-state index is 5.36. The number of nitrogens with two attached hydrogens (primary N) is 1. The van der Waals surface area contributed by atoms with Crippen LogP contribution in [0.3, 0.4) is 0 Å². The molecular weight excluding hydrogens is 184 g/mol. The highest BCUT2D eigenvalue weighted by molar-refractivity contribution is 5.85. The van der Waals surface area contributed by atoms with Gasteiger partial charge in [0.15, 0.2) is 0 Å². The maximum Gasteiger partial charge on any atom is 0.0248 e. The number of halogens is 1. The molecule has 3 N–H and O–H groups in total. The van der Waals surface area contributed by atoms with Gasteiger partial charge < -0.3 is 0 Å². The van der Waals surface area contributed by atoms with E-state index in [4.69, 9.17) is 5.84 Å². The predicted octanol–water partition coefficient (Wildman–Crippen LogP) is 2.06. The molecule has 0 aliphatic rings. The van der Waals surface area contributed by atoms with Crippen LogP contribution in [0.25, 0.3) is 0 Å². The van der Waals surface area contributed by atoms with Crippen molar-refractivity contribution in [3.05, 3.63) is 35.9 Å². The second-order valence-corrected chi connectivity index (χ2v) is 3.15. The number of hydrogen-bond acceptors (Lipinski definition) is 2. The average Bonchev–Trinajstić information content (AvgIpc) is 2.17. The van der Waals surface area contributed by atoms with Crippen LogP contribution in [-0.4, -0.2) is 6.04 Å². The molecule has 2 nitrogen and oxygen atoms in total. The fourth-order valence-electron chi connectivity index (χ4n) is 1.19. The molecule has 0 amide bonds. The van der Waals surface area contributed by atoms with Crippen LogP contribution in [0.1, 0.15) is 25.3 Å². The van der Waals surface area contributed by atoms with Crippen molar-refractivity contribution in [3.8, 4) is 0 Å². The van der Waals surface area contributed by atoms with Gasteiger partial charge in [-0.1, -0.05) is 37.3 Å². The van der Waals surface area contributed by atoms with E-state index in [1.165, 1.54) is 5.56 Å². The highest BCUT2D eigenvalue weighted by atomic mass is 35.5. The van der Waals surface area contributed by atoms with Crippen LogP contribution in [0.2, 0.25) is 0 Å². The summed E-state index contributed by atoms with van der Waals surface area (Å²) in [6, 6.07) is 10.7. The van der Waals surface area contributed by atoms with Crippen molar-refractivity contribution >= 4 is 12.4 Å². The molecule has 0 radical (unpaired) electrons. The van der Waals surface area contributed by atoms with Crippen molar-refractivity contribution in [1.82, 2.24) is 5.43 Å². The third-order valence-electron chi connectivity index (χ3n) is 2.34. The van der Waals surface area contributed by atoms with E-state index in [0.717, 1.165) is 0 Å². The molecule has 3 heteroatoms. The molecular formula is C10H17ClN2. The molecule has 13 heavy (non-hydrogen) atoms. The van der Waals surface area contributed by atoms with Gasteiger partial charge >= 0.3 is 0 Å². The molecule has 74 valence electrons. The summed E-state index contributed by atoms with van der Waals surface area (Å²) >= 11 is 0. The Morgan fingerprint density at radius 1 is 1.15 bits per heavy atom. The van der Waals surface area contributed by atoms with Gasteiger partial charge in [0.05, 0.1) is 0 Å². The largest absolute Gasteiger partial charge is 0.271 e. The molecule has 0 saturated carbocycles. The van der Waals surface area contributed by atoms with E-state index in [-0.39, 0.29) is 12.4 Å². The van der Waals surface area contributed by atoms with E-state index in [0.29, 0.717) is 12.0 Å². The predicted molar refractivity (Wildman–Crippen MR) is 58.9 cm³/mol. The van der Waals surface area contributed by atoms with Crippen LogP contribution in [0.15, 0.2) is 30.3 Å². The molecule has 0 spiro atoms. The lowest BCUT2D eigenvalue weighted by atomic mass is 9.95. The first-order chi connectivity index (χ1) is 5.75. The van der Waals surface area contributed by atoms with Crippen molar-refractivity contribution in [2.45, 2.75) is 25.8 Å². The summed E-state index contributed by atoms with van der Waals surface area (Å²) < 4.78 is 0. The van der Waals surface area contributed by atoms with Crippen LogP contribution < -0.4 is 11.3 Å². The fourth-order valence-corrected chi connectivity index (χ4v) is 1.19. The molecule has 0 aromatic heterocycles. The Labute approximate surface area is 85.9 Å². The lowest BCUT2D eigenvalue weighted by molar-refractivity contribution is 0.495. The third-order valence-corrected chi connectivity index (χ3v) is 2.34. The summed E-state index contributed by atoms with van der Waals surface area (Å²) in [6.45, 7) is 4.25. The molecule has 2 unspecified atom stereocenters. The zero-order chi connectivity index (χ0) is 8.97. The number of nitrogens with one attached hydrogen (secondary N) is 1. The minimum atomic E-state index is 0. The van der Waals surface area contributed by atoms with Gasteiger partial charge in [0.25, 0.3) is 0 Å². The average molecular weight is 201 g/mol. The minimum Gasteiger partial charge on any atom is -0.271 e. The van der Waals surface area contributed by atoms with Gasteiger partial charge in [0.2, 0.25) is 0 Å². The molecule has 0 aliphatic heterocycles. The highest BCUT2D eigenvalue weighted by Crippen LogP contribution is 2.17. The van der Waals surface area contributed by atoms with Gasteiger partial charge in [-0.05, 0) is 18.4 Å². The van der Waals surface area contributed by atoms with Crippen LogP contribution in [0.4, 0.5) is 0 Å². The quantitative estimate of drug-likeness (QED) is 0.579. The summed E-state index contributed by atoms with van der Waals surface area (Å²) in [5, 5.41) is 0. The van der Waals surface area contributed by atoms with Crippen LogP contribution in [-0.2, 0) is 0 Å². The Morgan fingerprint density at radius 2 is 1.69 bits per heavy atom. The number of hydrogen-bond donors (Lipinski definition) is 2. The second kappa shape index (κ2) is 5.97. The Balaban J connectivity index is 0.00000144. The summed E-state index contributed by atoms with van der Waals surface area (Å²) in [4.78, 5) is 0. The van der Waals surface area contributed by atoms with Gasteiger partial charge in [-0.25, -0.2) is 0 Å². The molecule has 1 rings (SSSR count). The molecule has 1 aromatic rings. The summed E-state index contributed by atoms with van der Waals surface area (Å²) in [5.41, 5.74) is 4.09. The Morgan fingerprint density at radius 3 is 2.15 bits per heavy atom. The Hall–Kier alpha value is -0.570. The van der Waals surface area contributed by atoms with Gasteiger partial charge in [-0.15, -0.1) is 12.4 Å². The van der Waals surface area contributed by atoms with Crippen molar-refractivity contribution in [2.75, 3.05) is 0 Å². The maximum absolute atomic E-state index is 5.36. The van der Waals surface area contributed by atoms with Crippen LogP contribution in [0.5, 0.6) is 0 Å². The Bertz CT molecular complexity index is 226. The fraction of sp³-hybridized carbons (Fsp3) is 0.400. The van der Waals surface area contributed by atoms with E-state index in [1.807, 2.05) is 6.07 Å². The Kier molecular flexibility index (Phi) is 5.71. The lowest BCUT2D eigenvalue weighted by Crippen LogP contribution is -2.36. The number of rotatable bonds is 3. The molecule has 0 saturated heterocycles. The van der Waals surface area contributed by atoms with Crippen LogP contribution in [0, 0.1) is 0 Å². The standard InChI is InChI=1S/C10H16N2.ClH/c1-8(9(2)12-11)10-6-4-3-5-7-10;/h3-9,12H,11H2,1-2H3;1H. The number of hydrazine groups is 1. The van der Waals surface area contributed by atoms with Crippen molar-refractivity contribution in [3.63, 3.8) is 0 Å². The van der Waals surface area contributed by atoms with Gasteiger partial charge in [0, 0.05) is 6.04 Å². The second-order valence-electron chi connectivity index (χ2n) is 3.15. The van der Waals surface area contributed by atoms with E-state index in [2.05, 4.69) is 43.5 Å². The minimum absolute atomic E-state index is 0. The van der Waals surface area contributed by atoms with Gasteiger partial charge in [-0.2, -0.15) is 0 Å². The SMILES string of the molecule is CC(NN)C(C)c1ccccc1.Cl. The highest BCUT2D eigenvalue weighted by Gasteiger charge is 2.11. The van der Waals surface area contributed by atoms with E-state index < -0.39 is 0 Å². The summed E-state index contributed by atoms with van der Waals surface area (Å²) in [5.74, 6) is 5.82. The monoisotopic (exact) mass is 200 g/mol. The smallest absolute Gasteiger partial charge is 0.0248 e. The van der Waals surface area contributed by atoms with Crippen molar-refractivity contribution < 1.29 is 0 Å². The molecule has 0 aliphatic carbocycles. The lowest BCUT2D eigenvalue weighted by Gasteiger charge is -2.18. The summed E-state index contributed by atoms with van der Waals surface area (Å²) in [7, 11) is 0. The van der Waals surface area contributed by atoms with Gasteiger partial charge in [-0.3, -0.25) is 11.3 Å². The van der Waals surface area contributed by atoms with Crippen LogP contribution >= 0.6 is 12.4 Å². The normalized spacial score (nSPS) is 14.4. The zero-order valence-electron chi connectivity index (χ0n) is 8.03. The zero-order valence-corrected chi connectivity index (χ0v) is 8.84. The molecule has 2 atom stereocenters. The first-order valence-electron chi connectivity index (χ1n) is 4.26. The van der Waals surface area contributed by atoms with Crippen molar-refractivity contribution in [2.24, 2.45) is 5.84 Å². The third kappa shape index (κ3) is 3.35. The summed E-state index contributed by atoms with van der Waals surface area (Å²) in [6.07, 6.45) is 0. The molecule has 0 heterocycles. The van der Waals surface area contributed by atoms with Gasteiger partial charge in [0.1, 0.15) is 0 Å². The molecule has 0 fully saturated rings. The van der Waals surface area contributed by atoms with E-state index in [9.17, 15) is 0 Å². The van der Waals surface area contributed by atoms with E-state index >= 15 is 0 Å². The number of benzene rings is 1.